The predicted molar refractivity (Wildman–Crippen MR) is 467 cm³/mol. The number of amidine groups is 5. The van der Waals surface area contributed by atoms with E-state index >= 15 is 0 Å². The number of thiophene rings is 7. The lowest BCUT2D eigenvalue weighted by atomic mass is 9.91. The van der Waals surface area contributed by atoms with Gasteiger partial charge in [0.2, 0.25) is 4.77 Å². The molecule has 15 N–H and O–H groups in total. The molecule has 38 heteroatoms. The third kappa shape index (κ3) is 19.2. The molecule has 6 aliphatic heterocycles. The topological polar surface area (TPSA) is 326 Å². The van der Waals surface area contributed by atoms with Crippen LogP contribution in [-0.4, -0.2) is 97.6 Å². The number of halogens is 6. The number of anilines is 2. The molecule has 0 amide bonds. The van der Waals surface area contributed by atoms with Crippen molar-refractivity contribution in [3.05, 3.63) is 167 Å². The Morgan fingerprint density at radius 1 is 0.523 bits per heavy atom. The third-order valence-electron chi connectivity index (χ3n) is 18.2. The number of aliphatic hydroxyl groups is 1. The zero-order valence-electron chi connectivity index (χ0n) is 60.8. The number of fused-ring (bicyclic) bond motifs is 11. The normalized spacial score (nSPS) is 15.7. The molecule has 1 aromatic carbocycles. The summed E-state index contributed by atoms with van der Waals surface area (Å²) in [6, 6.07) is 12.1. The molecular formula is C73H74F6N16O3S13. The molecule has 0 spiro atoms. The number of aromatic nitrogens is 4. The van der Waals surface area contributed by atoms with Gasteiger partial charge in [-0.1, -0.05) is 91.4 Å². The molecule has 111 heavy (non-hydrogen) atoms. The Labute approximate surface area is 695 Å². The van der Waals surface area contributed by atoms with Gasteiger partial charge in [0.15, 0.2) is 0 Å². The molecule has 0 bridgehead atoms. The number of nitrogens with two attached hydrogens (primary N) is 7. The van der Waals surface area contributed by atoms with Crippen LogP contribution in [0.15, 0.2) is 66.7 Å². The SMILES string of the molecule is CC1(C)Cc2c(sc3c2C(N)=NC(=S)C3)CO1.Cc1sc2c(c(N)nc(=S)n2Cc2ccccc2)c1C.Cc1sc2c(c1C(F)(F)F)C(N)=NC(=S)C2.Cc1sc2c(c1C)C(N)=NC(=S)C2.Cc1sc2nc(OCCO)nc(N)c2c1C(F)(F)F.NC1=NC(=S)Cc2sc3c(c21)CCCC3.NC1=NC(=S)Cc2sccc21. The summed E-state index contributed by atoms with van der Waals surface area (Å²) in [7, 11) is 0. The Balaban J connectivity index is 0.000000129. The molecule has 7 aliphatic rings. The zero-order valence-corrected chi connectivity index (χ0v) is 71.5. The van der Waals surface area contributed by atoms with Crippen LogP contribution in [0, 0.1) is 46.3 Å². The van der Waals surface area contributed by atoms with Crippen molar-refractivity contribution >= 4 is 239 Å². The summed E-state index contributed by atoms with van der Waals surface area (Å²) in [5.74, 6) is 2.53. The van der Waals surface area contributed by atoms with Gasteiger partial charge in [0.1, 0.15) is 82.0 Å². The second-order valence-corrected chi connectivity index (χ2v) is 37.7. The molecule has 10 aromatic rings. The van der Waals surface area contributed by atoms with E-state index in [1.165, 1.54) is 112 Å². The van der Waals surface area contributed by atoms with Crippen LogP contribution in [-0.2, 0) is 81.6 Å². The van der Waals surface area contributed by atoms with Crippen molar-refractivity contribution in [3.8, 4) is 6.01 Å². The van der Waals surface area contributed by atoms with Crippen molar-refractivity contribution in [2.75, 3.05) is 24.7 Å². The molecular weight excluding hydrogens is 1680 g/mol. The second kappa shape index (κ2) is 34.8. The number of aliphatic imine (C=N–C) groups is 5. The minimum atomic E-state index is -4.51. The largest absolute Gasteiger partial charge is 0.461 e. The van der Waals surface area contributed by atoms with Crippen LogP contribution in [0.5, 0.6) is 6.01 Å². The molecule has 0 radical (unpaired) electrons. The standard InChI is InChI=1S/C15H15N3S2.C12H14N2OS2.C11H12N2S2.C10H10F3N3O2S.C9H7F3N2S2.C9H10N2S2.C7H6N2S2/c1-9-10(2)20-14-12(9)13(16)17-15(19)18(14)8-11-6-4-3-5-7-11;1-12(2)4-6-8(5-15-12)17-7-3-9(16)14-11(13)10(6)7;12-11-10-6-3-1-2-4-7(6)15-8(10)5-9(14)13-11;1-4-6(10(11,12)13)5-7(14)15-9(18-3-2-17)16-8(5)19-4;1-3-7(9(10,11)12)6-4(16-3)2-5(15)14-8(6)13;1-4-5(2)13-6-3-7(12)11-9(10)8(4)6;8-7-4-1-2-11-5(4)3-6(10)9-7/h3-7H,8H2,1-2H3,(H2,16,17,19);3-5H2,1-2H3,(H2,13,14,16);1-5H2,(H2,12,13,14);17H,2-3H2,1H3,(H2,14,15,16);2H2,1H3,(H2,13,14,15);3H2,1-2H3,(H2,10,11,12);1-2H,3H2,(H2,8,9,10). The van der Waals surface area contributed by atoms with Crippen molar-refractivity contribution < 1.29 is 40.9 Å². The first-order valence-electron chi connectivity index (χ1n) is 34.1. The van der Waals surface area contributed by atoms with Crippen molar-refractivity contribution in [3.63, 3.8) is 0 Å². The average molecular weight is 1750 g/mol. The first-order chi connectivity index (χ1) is 52.3. The van der Waals surface area contributed by atoms with Crippen LogP contribution in [0.1, 0.15) is 147 Å². The molecule has 9 aromatic heterocycles. The van der Waals surface area contributed by atoms with Gasteiger partial charge in [-0.05, 0) is 133 Å². The second-order valence-electron chi connectivity index (χ2n) is 26.5. The Bertz CT molecular complexity index is 5610. The maximum atomic E-state index is 12.9. The number of hydrogen-bond acceptors (Lipinski definition) is 26. The average Bonchev–Trinajstić information content (AvgIpc) is 1.64. The first-order valence-corrected chi connectivity index (χ1v) is 42.3. The fraction of sp³-hybridized carbons (Fsp3) is 0.342. The molecule has 0 saturated carbocycles. The van der Waals surface area contributed by atoms with Gasteiger partial charge in [-0.15, -0.1) is 79.4 Å². The Morgan fingerprint density at radius 3 is 1.61 bits per heavy atom. The number of alkyl halides is 6. The third-order valence-corrected chi connectivity index (χ3v) is 27.6. The van der Waals surface area contributed by atoms with Crippen molar-refractivity contribution in [1.82, 2.24) is 19.5 Å². The van der Waals surface area contributed by atoms with Gasteiger partial charge in [0, 0.05) is 120 Å². The number of ether oxygens (including phenoxy) is 2. The Morgan fingerprint density at radius 2 is 1.02 bits per heavy atom. The summed E-state index contributed by atoms with van der Waals surface area (Å²) in [5.41, 5.74) is 50.0. The summed E-state index contributed by atoms with van der Waals surface area (Å²) in [6.07, 6.45) is 0.393. The summed E-state index contributed by atoms with van der Waals surface area (Å²) in [6.45, 7) is 16.5. The van der Waals surface area contributed by atoms with Crippen LogP contribution in [0.4, 0.5) is 38.0 Å². The molecule has 1 aliphatic carbocycles. The van der Waals surface area contributed by atoms with E-state index in [1.807, 2.05) is 41.0 Å². The van der Waals surface area contributed by atoms with E-state index in [-0.39, 0.29) is 68.4 Å². The molecule has 0 unspecified atom stereocenters. The Hall–Kier alpha value is -7.28. The fourth-order valence-electron chi connectivity index (χ4n) is 13.1. The number of aryl methyl sites for hydroxylation is 6. The highest BCUT2D eigenvalue weighted by Crippen LogP contribution is 2.46. The maximum Gasteiger partial charge on any atom is 0.418 e. The van der Waals surface area contributed by atoms with E-state index in [1.54, 1.807) is 45.3 Å². The van der Waals surface area contributed by atoms with Crippen LogP contribution in [0.2, 0.25) is 0 Å². The monoisotopic (exact) mass is 1750 g/mol. The van der Waals surface area contributed by atoms with Gasteiger partial charge in [0.05, 0.1) is 47.3 Å². The number of hydrogen-bond donors (Lipinski definition) is 8. The number of aliphatic hydroxyl groups excluding tert-OH is 1. The van der Waals surface area contributed by atoms with Gasteiger partial charge in [0.25, 0.3) is 0 Å². The van der Waals surface area contributed by atoms with Gasteiger partial charge < -0.3 is 59.3 Å². The number of rotatable bonds is 5. The molecule has 19 nitrogen and oxygen atoms in total. The summed E-state index contributed by atoms with van der Waals surface area (Å²) in [4.78, 5) is 48.0. The minimum Gasteiger partial charge on any atom is -0.461 e. The van der Waals surface area contributed by atoms with Crippen molar-refractivity contribution in [2.45, 2.75) is 151 Å². The van der Waals surface area contributed by atoms with E-state index in [0.717, 1.165) is 93.2 Å². The van der Waals surface area contributed by atoms with E-state index in [4.69, 9.17) is 128 Å². The predicted octanol–water partition coefficient (Wildman–Crippen LogP) is 16.4. The van der Waals surface area contributed by atoms with Gasteiger partial charge in [-0.2, -0.15) is 36.3 Å². The van der Waals surface area contributed by atoms with Crippen LogP contribution in [0.3, 0.4) is 0 Å². The van der Waals surface area contributed by atoms with Crippen LogP contribution in [0.25, 0.3) is 20.4 Å². The number of nitrogens with zero attached hydrogens (tertiary/aromatic N) is 9. The number of nitrogen functional groups attached to an aromatic ring is 2. The summed E-state index contributed by atoms with van der Waals surface area (Å²) >= 11 is 41.4. The van der Waals surface area contributed by atoms with Gasteiger partial charge in [-0.25, -0.2) is 29.9 Å². The van der Waals surface area contributed by atoms with E-state index in [2.05, 4.69) is 98.2 Å². The Kier molecular flexibility index (Phi) is 26.5. The number of benzene rings is 1. The van der Waals surface area contributed by atoms with Crippen LogP contribution >= 0.6 is 153 Å². The molecule has 0 atom stereocenters. The lowest BCUT2D eigenvalue weighted by Crippen LogP contribution is -2.33. The molecule has 0 fully saturated rings. The smallest absolute Gasteiger partial charge is 0.418 e. The van der Waals surface area contributed by atoms with E-state index in [9.17, 15) is 26.3 Å². The van der Waals surface area contributed by atoms with E-state index < -0.39 is 23.5 Å². The quantitative estimate of drug-likeness (QED) is 0.0586. The molecule has 584 valence electrons. The highest BCUT2D eigenvalue weighted by Gasteiger charge is 2.41. The lowest BCUT2D eigenvalue weighted by molar-refractivity contribution is -0.138. The fourth-order valence-corrected chi connectivity index (χ4v) is 23.2. The lowest BCUT2D eigenvalue weighted by Gasteiger charge is -2.30. The summed E-state index contributed by atoms with van der Waals surface area (Å²) < 4.78 is 90.6. The highest BCUT2D eigenvalue weighted by molar-refractivity contribution is 7.81. The van der Waals surface area contributed by atoms with E-state index in [0.29, 0.717) is 65.4 Å². The van der Waals surface area contributed by atoms with Gasteiger partial charge >= 0.3 is 18.4 Å². The first kappa shape index (κ1) is 84.6. The highest BCUT2D eigenvalue weighted by atomic mass is 32.1. The molecule has 17 rings (SSSR count). The maximum absolute atomic E-state index is 12.9. The summed E-state index contributed by atoms with van der Waals surface area (Å²) in [5, 5.41) is 11.5. The van der Waals surface area contributed by atoms with Crippen molar-refractivity contribution in [2.24, 2.45) is 53.6 Å². The number of thiocarbonyl (C=S) groups is 5. The van der Waals surface area contributed by atoms with Crippen LogP contribution < -0.4 is 44.9 Å². The van der Waals surface area contributed by atoms with Crippen molar-refractivity contribution in [1.29, 1.82) is 0 Å². The minimum absolute atomic E-state index is 0.0172. The van der Waals surface area contributed by atoms with Gasteiger partial charge in [-0.3, -0.25) is 0 Å². The molecule has 0 saturated heterocycles. The zero-order chi connectivity index (χ0) is 80.6. The molecule has 15 heterocycles.